The van der Waals surface area contributed by atoms with E-state index in [1.807, 2.05) is 182 Å². The molecule has 0 spiro atoms. The summed E-state index contributed by atoms with van der Waals surface area (Å²) < 4.78 is 53.2. The van der Waals surface area contributed by atoms with Crippen LogP contribution in [0.3, 0.4) is 0 Å². The van der Waals surface area contributed by atoms with E-state index in [0.29, 0.717) is 97.9 Å². The second kappa shape index (κ2) is 38.9. The Bertz CT molecular complexity index is 5660. The van der Waals surface area contributed by atoms with Crippen LogP contribution in [0.1, 0.15) is 20.7 Å². The van der Waals surface area contributed by atoms with Gasteiger partial charge in [0.25, 0.3) is 22.6 Å². The summed E-state index contributed by atoms with van der Waals surface area (Å²) in [6, 6.07) is 75.2. The zero-order valence-corrected chi connectivity index (χ0v) is 66.6. The van der Waals surface area contributed by atoms with E-state index in [1.54, 1.807) is 93.2 Å². The van der Waals surface area contributed by atoms with E-state index in [1.165, 1.54) is 28.4 Å². The molecular formula is C92H82N12O14. The largest absolute Gasteiger partial charge is 0.496 e. The maximum absolute atomic E-state index is 12.7. The number of aromatic nitrogens is 10. The summed E-state index contributed by atoms with van der Waals surface area (Å²) in [5.41, 5.74) is 12.1. The molecule has 5 heterocycles. The molecule has 17 rings (SSSR count). The average molecular weight is 1580 g/mol. The molecule has 2 aliphatic rings. The molecule has 10 aromatic carbocycles. The predicted octanol–water partition coefficient (Wildman–Crippen LogP) is 16.0. The maximum Gasteiger partial charge on any atom is 0.261 e. The normalized spacial score (nSPS) is 12.6. The molecule has 0 saturated heterocycles. The van der Waals surface area contributed by atoms with Crippen LogP contribution in [0.4, 0.5) is 11.4 Å². The van der Waals surface area contributed by atoms with Gasteiger partial charge < -0.3 is 58.0 Å². The van der Waals surface area contributed by atoms with Gasteiger partial charge in [-0.3, -0.25) is 19.2 Å². The summed E-state index contributed by atoms with van der Waals surface area (Å²) in [5, 5.41) is 33.0. The van der Waals surface area contributed by atoms with Gasteiger partial charge in [-0.2, -0.15) is 9.97 Å². The van der Waals surface area contributed by atoms with E-state index in [2.05, 4.69) is 87.6 Å². The lowest BCUT2D eigenvalue weighted by Gasteiger charge is -2.30. The molecule has 26 heteroatoms. The third kappa shape index (κ3) is 17.6. The van der Waals surface area contributed by atoms with E-state index < -0.39 is 22.7 Å². The number of allylic oxidation sites excluding steroid dienone is 4. The molecule has 0 radical (unpaired) electrons. The molecule has 5 aromatic heterocycles. The van der Waals surface area contributed by atoms with Gasteiger partial charge in [0.2, 0.25) is 35.3 Å². The minimum atomic E-state index is -0.444. The number of methoxy groups -OCH3 is 10. The van der Waals surface area contributed by atoms with Crippen molar-refractivity contribution in [2.24, 2.45) is 11.8 Å². The zero-order chi connectivity index (χ0) is 83.2. The summed E-state index contributed by atoms with van der Waals surface area (Å²) in [4.78, 5) is 65.4. The quantitative estimate of drug-likeness (QED) is 0.0754. The van der Waals surface area contributed by atoms with Crippen molar-refractivity contribution < 1.29 is 57.0 Å². The lowest BCUT2D eigenvalue weighted by Crippen LogP contribution is -2.36. The number of anilines is 2. The molecule has 26 nitrogen and oxygen atoms in total. The Hall–Kier alpha value is -15.3. The Morgan fingerprint density at radius 3 is 0.881 bits per heavy atom. The van der Waals surface area contributed by atoms with E-state index in [-0.39, 0.29) is 11.6 Å². The molecule has 0 saturated carbocycles. The van der Waals surface area contributed by atoms with Crippen LogP contribution in [0.5, 0.6) is 58.5 Å². The molecule has 2 N–H and O–H groups in total. The monoisotopic (exact) mass is 1580 g/mol. The first kappa shape index (κ1) is 82.1. The van der Waals surface area contributed by atoms with Gasteiger partial charge in [0.1, 0.15) is 28.4 Å². The van der Waals surface area contributed by atoms with Crippen LogP contribution in [0, 0.1) is 11.8 Å². The van der Waals surface area contributed by atoms with Crippen LogP contribution in [0.2, 0.25) is 0 Å². The van der Waals surface area contributed by atoms with Crippen molar-refractivity contribution in [2.45, 2.75) is 0 Å². The van der Waals surface area contributed by atoms with Gasteiger partial charge in [0.05, 0.1) is 127 Å². The molecule has 2 unspecified atom stereocenters. The van der Waals surface area contributed by atoms with E-state index >= 15 is 0 Å². The summed E-state index contributed by atoms with van der Waals surface area (Å²) >= 11 is 0. The van der Waals surface area contributed by atoms with E-state index in [9.17, 15) is 19.2 Å². The molecule has 594 valence electrons. The fourth-order valence-corrected chi connectivity index (χ4v) is 13.3. The van der Waals surface area contributed by atoms with Gasteiger partial charge in [-0.15, -0.1) is 30.6 Å². The highest BCUT2D eigenvalue weighted by Crippen LogP contribution is 2.45. The molecular weight excluding hydrogens is 1500 g/mol. The van der Waals surface area contributed by atoms with Crippen LogP contribution >= 0.6 is 0 Å². The fraction of sp³-hybridized carbons (Fsp3) is 0.152. The Kier molecular flexibility index (Phi) is 27.1. The summed E-state index contributed by atoms with van der Waals surface area (Å²) in [5.74, 6) is 3.95. The highest BCUT2D eigenvalue weighted by molar-refractivity contribution is 6.20. The van der Waals surface area contributed by atoms with Crippen LogP contribution in [-0.4, -0.2) is 147 Å². The average Bonchev–Trinajstić information content (AvgIpc) is 0.765. The Morgan fingerprint density at radius 1 is 0.280 bits per heavy atom. The molecule has 0 bridgehead atoms. The van der Waals surface area contributed by atoms with Crippen molar-refractivity contribution in [3.8, 4) is 126 Å². The van der Waals surface area contributed by atoms with E-state index in [4.69, 9.17) is 57.3 Å². The molecule has 2 atom stereocenters. The highest BCUT2D eigenvalue weighted by Gasteiger charge is 2.43. The van der Waals surface area contributed by atoms with Crippen molar-refractivity contribution in [1.29, 1.82) is 0 Å². The number of benzene rings is 9. The number of carbonyl (C=O) groups excluding carboxylic acids is 2. The number of rotatable bonds is 18. The van der Waals surface area contributed by atoms with Crippen molar-refractivity contribution in [3.63, 3.8) is 0 Å². The molecule has 0 amide bonds. The molecule has 0 fully saturated rings. The van der Waals surface area contributed by atoms with Crippen molar-refractivity contribution in [1.82, 2.24) is 50.5 Å². The van der Waals surface area contributed by atoms with E-state index in [0.717, 1.165) is 83.0 Å². The smallest absolute Gasteiger partial charge is 0.261 e. The van der Waals surface area contributed by atoms with Gasteiger partial charge in [-0.05, 0) is 64.2 Å². The van der Waals surface area contributed by atoms with Crippen molar-refractivity contribution in [3.05, 3.63) is 286 Å². The lowest BCUT2D eigenvalue weighted by atomic mass is 9.72. The minimum Gasteiger partial charge on any atom is -0.496 e. The Labute approximate surface area is 679 Å². The number of carbonyl (C=O) groups is 2. The SMILES string of the molecule is CNc1c(NC)c(=O)c1=O.COc1ccc(OC)c2c1C(=O)C1C=CC=CC1C2=O.COc1nc(-c2ccccc2)nc(OC)c1-c1ccccc1.COc1nnc(OC)c2cc(-c3ccccc3)c(-c3ccccc3)cc12.COc1nnc(OC)c2ccccc12.COc1nnc(OC)c2nc(-c3ccccc3)c(-c3ccccc3)nc12. The summed E-state index contributed by atoms with van der Waals surface area (Å²) in [6.45, 7) is 0. The zero-order valence-electron chi connectivity index (χ0n) is 66.6. The van der Waals surface area contributed by atoms with Crippen molar-refractivity contribution in [2.75, 3.05) is 95.8 Å². The maximum atomic E-state index is 12.7. The predicted molar refractivity (Wildman–Crippen MR) is 455 cm³/mol. The minimum absolute atomic E-state index is 0.0963. The van der Waals surface area contributed by atoms with Gasteiger partial charge >= 0.3 is 0 Å². The van der Waals surface area contributed by atoms with Gasteiger partial charge in [0, 0.05) is 30.8 Å². The second-order valence-electron chi connectivity index (χ2n) is 25.6. The third-order valence-corrected chi connectivity index (χ3v) is 19.0. The third-order valence-electron chi connectivity index (χ3n) is 19.0. The summed E-state index contributed by atoms with van der Waals surface area (Å²) in [6.07, 6.45) is 7.13. The highest BCUT2D eigenvalue weighted by atomic mass is 16.5. The molecule has 0 aliphatic heterocycles. The number of nitrogens with zero attached hydrogens (tertiary/aromatic N) is 10. The molecule has 118 heavy (non-hydrogen) atoms. The first-order valence-electron chi connectivity index (χ1n) is 36.9. The van der Waals surface area contributed by atoms with Gasteiger partial charge in [-0.25, -0.2) is 9.97 Å². The topological polar surface area (TPSA) is 314 Å². The number of ketones is 2. The fourth-order valence-electron chi connectivity index (χ4n) is 13.3. The first-order valence-corrected chi connectivity index (χ1v) is 36.9. The van der Waals surface area contributed by atoms with Crippen LogP contribution < -0.4 is 68.9 Å². The standard InChI is InChI=1S/C22H18N2O2.C20H16N4O2.C18H16N2O2.C16H14O4.C10H10N2O2.C6H8N2O2/c1-25-21-19-13-17(15-9-5-3-6-10-15)18(16-11-7-4-8-12-16)14-20(19)22(26-2)24-23-21;1-25-19-17-18(20(26-2)24-23-19)22-16(14-11-7-4-8-12-14)15(21-17)13-9-5-3-6-10-13;1-21-17-15(13-9-5-3-6-10-13)18(22-2)20-16(19-17)14-11-7-4-8-12-14;1-19-11-7-8-12(20-2)14-13(11)15(17)9-5-3-4-6-10(9)16(14)18;1-13-9-7-5-3-4-6-8(7)10(14-2)12-11-9;1-7-3-4(8-2)6(10)5(3)9/h3-14H,1-2H3;3-12H,1-2H3;3-12H,1-2H3;3-10H,1-2H3;3-6H,1-2H3;7-8H,1-2H3. The van der Waals surface area contributed by atoms with Gasteiger partial charge in [-0.1, -0.05) is 218 Å². The number of ether oxygens (including phenoxy) is 10. The summed E-state index contributed by atoms with van der Waals surface area (Å²) in [7, 11) is 18.8. The Balaban J connectivity index is 0.000000133. The Morgan fingerprint density at radius 2 is 0.568 bits per heavy atom. The van der Waals surface area contributed by atoms with Crippen molar-refractivity contribution >= 4 is 55.5 Å². The second-order valence-corrected chi connectivity index (χ2v) is 25.6. The van der Waals surface area contributed by atoms with Crippen LogP contribution in [0.15, 0.2) is 264 Å². The number of hydrogen-bond acceptors (Lipinski definition) is 26. The number of hydrogen-bond donors (Lipinski definition) is 2. The number of nitrogens with one attached hydrogen (secondary N) is 2. The number of fused-ring (bicyclic) bond motifs is 5. The van der Waals surface area contributed by atoms with Crippen LogP contribution in [-0.2, 0) is 0 Å². The number of Topliss-reactive ketones (excluding diaryl/α,β-unsaturated/α-hetero) is 2. The van der Waals surface area contributed by atoms with Gasteiger partial charge in [0.15, 0.2) is 28.4 Å². The van der Waals surface area contributed by atoms with Crippen LogP contribution in [0.25, 0.3) is 99.9 Å². The molecule has 2 aliphatic carbocycles. The molecule has 15 aromatic rings. The lowest BCUT2D eigenvalue weighted by molar-refractivity contribution is 0.0795. The first-order chi connectivity index (χ1) is 57.7.